The molecule has 250 valence electrons. The summed E-state index contributed by atoms with van der Waals surface area (Å²) < 4.78 is 28.7. The second kappa shape index (κ2) is 16.5. The molecule has 10 nitrogen and oxygen atoms in total. The van der Waals surface area contributed by atoms with Gasteiger partial charge in [0.05, 0.1) is 27.9 Å². The molecule has 5 rings (SSSR count). The van der Waals surface area contributed by atoms with Gasteiger partial charge in [-0.15, -0.1) is 0 Å². The SMILES string of the molecule is COc1cccc([C@@H]2OC(c3ccc(OCCCO)cc3)=N[C@]2(C/C=C/c2ccccc2)C(=O)NNCc2ccc(OC)cc2OC)c1. The van der Waals surface area contributed by atoms with E-state index in [9.17, 15) is 4.79 Å². The van der Waals surface area contributed by atoms with Gasteiger partial charge < -0.3 is 28.8 Å². The number of amides is 1. The predicted molar refractivity (Wildman–Crippen MR) is 184 cm³/mol. The van der Waals surface area contributed by atoms with Crippen LogP contribution >= 0.6 is 0 Å². The Morgan fingerprint density at radius 2 is 1.65 bits per heavy atom. The molecular weight excluding hydrogens is 610 g/mol. The number of ether oxygens (including phenoxy) is 5. The number of nitrogens with one attached hydrogen (secondary N) is 2. The van der Waals surface area contributed by atoms with Crippen LogP contribution in [0.5, 0.6) is 23.0 Å². The highest BCUT2D eigenvalue weighted by Gasteiger charge is 2.52. The number of aliphatic imine (C=N–C) groups is 1. The van der Waals surface area contributed by atoms with Gasteiger partial charge in [0, 0.05) is 43.2 Å². The number of hydrogen-bond acceptors (Lipinski definition) is 9. The standard InChI is InChI=1S/C38H41N3O7/c1-44-32-14-7-13-29(24-32)35-38(21-8-12-27-10-5-4-6-11-27,37(43)41-39-26-30-17-20-33(45-2)25-34(30)46-3)40-36(48-35)28-15-18-31(19-16-28)47-23-9-22-42/h4-8,10-20,24-25,35,39,42H,9,21-23,26H2,1-3H3,(H,41,43)/b12-8+/t35-,38-/m0/s1. The maximum Gasteiger partial charge on any atom is 0.266 e. The van der Waals surface area contributed by atoms with Gasteiger partial charge in [-0.1, -0.05) is 60.7 Å². The van der Waals surface area contributed by atoms with Crippen molar-refractivity contribution in [1.29, 1.82) is 0 Å². The van der Waals surface area contributed by atoms with Gasteiger partial charge in [-0.3, -0.25) is 10.2 Å². The van der Waals surface area contributed by atoms with E-state index >= 15 is 0 Å². The lowest BCUT2D eigenvalue weighted by atomic mass is 9.84. The molecule has 48 heavy (non-hydrogen) atoms. The molecule has 1 aliphatic rings. The number of aliphatic hydroxyl groups excluding tert-OH is 1. The Morgan fingerprint density at radius 1 is 0.896 bits per heavy atom. The predicted octanol–water partition coefficient (Wildman–Crippen LogP) is 5.66. The number of carbonyl (C=O) groups excluding carboxylic acids is 1. The number of nitrogens with zero attached hydrogens (tertiary/aromatic N) is 1. The molecule has 10 heteroatoms. The molecule has 1 amide bonds. The largest absolute Gasteiger partial charge is 0.497 e. The van der Waals surface area contributed by atoms with Crippen LogP contribution in [0.15, 0.2) is 108 Å². The van der Waals surface area contributed by atoms with Crippen LogP contribution in [0.4, 0.5) is 0 Å². The Morgan fingerprint density at radius 3 is 2.38 bits per heavy atom. The van der Waals surface area contributed by atoms with Crippen molar-refractivity contribution < 1.29 is 33.6 Å². The highest BCUT2D eigenvalue weighted by molar-refractivity contribution is 6.01. The van der Waals surface area contributed by atoms with Crippen LogP contribution in [0.25, 0.3) is 6.08 Å². The first-order valence-electron chi connectivity index (χ1n) is 15.7. The molecule has 0 saturated carbocycles. The molecule has 0 saturated heterocycles. The fourth-order valence-corrected chi connectivity index (χ4v) is 5.38. The molecular formula is C38H41N3O7. The van der Waals surface area contributed by atoms with E-state index in [-0.39, 0.29) is 25.5 Å². The third-order valence-electron chi connectivity index (χ3n) is 7.94. The second-order valence-corrected chi connectivity index (χ2v) is 11.1. The first kappa shape index (κ1) is 34.0. The zero-order valence-electron chi connectivity index (χ0n) is 27.3. The van der Waals surface area contributed by atoms with Crippen LogP contribution in [0.1, 0.15) is 41.2 Å². The number of benzene rings is 4. The van der Waals surface area contributed by atoms with E-state index in [2.05, 4.69) is 10.9 Å². The van der Waals surface area contributed by atoms with Crippen molar-refractivity contribution in [3.8, 4) is 23.0 Å². The number of hydrazine groups is 1. The van der Waals surface area contributed by atoms with Gasteiger partial charge in [0.25, 0.3) is 5.91 Å². The summed E-state index contributed by atoms with van der Waals surface area (Å²) in [5.41, 5.74) is 7.83. The summed E-state index contributed by atoms with van der Waals surface area (Å²) >= 11 is 0. The first-order chi connectivity index (χ1) is 23.5. The fourth-order valence-electron chi connectivity index (χ4n) is 5.38. The Hall–Kier alpha value is -5.32. The van der Waals surface area contributed by atoms with E-state index < -0.39 is 11.6 Å². The van der Waals surface area contributed by atoms with Crippen LogP contribution in [-0.4, -0.2) is 57.0 Å². The molecule has 0 bridgehead atoms. The molecule has 3 N–H and O–H groups in total. The van der Waals surface area contributed by atoms with E-state index in [1.807, 2.05) is 103 Å². The highest BCUT2D eigenvalue weighted by Crippen LogP contribution is 2.43. The number of rotatable bonds is 16. The monoisotopic (exact) mass is 651 g/mol. The molecule has 4 aromatic carbocycles. The number of methoxy groups -OCH3 is 3. The molecule has 0 radical (unpaired) electrons. The van der Waals surface area contributed by atoms with Gasteiger partial charge in [-0.05, 0) is 53.6 Å². The molecule has 0 fully saturated rings. The summed E-state index contributed by atoms with van der Waals surface area (Å²) in [6, 6.07) is 30.2. The van der Waals surface area contributed by atoms with E-state index in [0.29, 0.717) is 47.5 Å². The third kappa shape index (κ3) is 8.14. The Balaban J connectivity index is 1.50. The average Bonchev–Trinajstić information content (AvgIpc) is 3.53. The Kier molecular flexibility index (Phi) is 11.7. The quantitative estimate of drug-likeness (QED) is 0.105. The van der Waals surface area contributed by atoms with Crippen molar-refractivity contribution >= 4 is 17.9 Å². The average molecular weight is 652 g/mol. The molecule has 4 aromatic rings. The molecule has 0 aliphatic carbocycles. The van der Waals surface area contributed by atoms with Gasteiger partial charge in [-0.2, -0.15) is 0 Å². The normalized spacial score (nSPS) is 17.0. The second-order valence-electron chi connectivity index (χ2n) is 11.1. The van der Waals surface area contributed by atoms with Crippen molar-refractivity contribution in [2.45, 2.75) is 31.0 Å². The van der Waals surface area contributed by atoms with Gasteiger partial charge >= 0.3 is 0 Å². The van der Waals surface area contributed by atoms with Gasteiger partial charge in [0.1, 0.15) is 23.0 Å². The molecule has 0 unspecified atom stereocenters. The van der Waals surface area contributed by atoms with E-state index in [0.717, 1.165) is 16.7 Å². The van der Waals surface area contributed by atoms with Gasteiger partial charge in [0.2, 0.25) is 5.90 Å². The van der Waals surface area contributed by atoms with Crippen LogP contribution in [0.3, 0.4) is 0 Å². The lowest BCUT2D eigenvalue weighted by molar-refractivity contribution is -0.129. The minimum Gasteiger partial charge on any atom is -0.497 e. The smallest absolute Gasteiger partial charge is 0.266 e. The van der Waals surface area contributed by atoms with Crippen molar-refractivity contribution in [2.75, 3.05) is 34.5 Å². The number of hydrogen-bond donors (Lipinski definition) is 3. The summed E-state index contributed by atoms with van der Waals surface area (Å²) in [5.74, 6) is 2.53. The maximum atomic E-state index is 14.5. The lowest BCUT2D eigenvalue weighted by Crippen LogP contribution is -2.52. The minimum absolute atomic E-state index is 0.0553. The van der Waals surface area contributed by atoms with E-state index in [4.69, 9.17) is 33.8 Å². The fraction of sp³-hybridized carbons (Fsp3) is 0.263. The summed E-state index contributed by atoms with van der Waals surface area (Å²) in [7, 11) is 4.78. The van der Waals surface area contributed by atoms with Crippen LogP contribution in [0, 0.1) is 0 Å². The topological polar surface area (TPSA) is 120 Å². The summed E-state index contributed by atoms with van der Waals surface area (Å²) in [5, 5.41) is 9.09. The molecule has 1 aliphatic heterocycles. The molecule has 0 aromatic heterocycles. The third-order valence-corrected chi connectivity index (χ3v) is 7.94. The Labute approximate surface area is 281 Å². The molecule has 0 spiro atoms. The first-order valence-corrected chi connectivity index (χ1v) is 15.7. The van der Waals surface area contributed by atoms with E-state index in [1.165, 1.54) is 0 Å². The molecule has 1 heterocycles. The summed E-state index contributed by atoms with van der Waals surface area (Å²) in [4.78, 5) is 19.5. The van der Waals surface area contributed by atoms with Crippen molar-refractivity contribution in [3.63, 3.8) is 0 Å². The summed E-state index contributed by atoms with van der Waals surface area (Å²) in [6.07, 6.45) is 3.89. The summed E-state index contributed by atoms with van der Waals surface area (Å²) in [6.45, 7) is 0.741. The van der Waals surface area contributed by atoms with Crippen molar-refractivity contribution in [1.82, 2.24) is 10.9 Å². The lowest BCUT2D eigenvalue weighted by Gasteiger charge is -2.30. The van der Waals surface area contributed by atoms with Gasteiger partial charge in [-0.25, -0.2) is 10.4 Å². The van der Waals surface area contributed by atoms with Gasteiger partial charge in [0.15, 0.2) is 11.6 Å². The van der Waals surface area contributed by atoms with Crippen molar-refractivity contribution in [3.05, 3.63) is 125 Å². The maximum absolute atomic E-state index is 14.5. The van der Waals surface area contributed by atoms with Crippen LogP contribution in [0.2, 0.25) is 0 Å². The van der Waals surface area contributed by atoms with Crippen LogP contribution < -0.4 is 29.8 Å². The van der Waals surface area contributed by atoms with Crippen molar-refractivity contribution in [2.24, 2.45) is 4.99 Å². The zero-order chi connectivity index (χ0) is 33.8. The highest BCUT2D eigenvalue weighted by atomic mass is 16.5. The van der Waals surface area contributed by atoms with Crippen LogP contribution in [-0.2, 0) is 16.1 Å². The number of aliphatic hydroxyl groups is 1. The Bertz CT molecular complexity index is 1710. The minimum atomic E-state index is -1.40. The van der Waals surface area contributed by atoms with E-state index in [1.54, 1.807) is 27.4 Å². The molecule has 2 atom stereocenters. The number of carbonyl (C=O) groups is 1. The zero-order valence-corrected chi connectivity index (χ0v) is 27.3.